The standard InChI is InChI=1S/C22H24ClFN4/c1-2-19(14-7-3-4-8-14)26-21-16-9-5-6-10-20(16)27-22(28-21)25-15-11-12-18(24)17(23)13-15/h5-6,9-14,19H,2-4,7-8H2,1H3,(H2,25,26,27,28). The molecule has 0 aliphatic heterocycles. The van der Waals surface area contributed by atoms with Crippen molar-refractivity contribution in [2.45, 2.75) is 45.1 Å². The summed E-state index contributed by atoms with van der Waals surface area (Å²) in [6.45, 7) is 2.22. The zero-order valence-electron chi connectivity index (χ0n) is 15.9. The molecule has 1 heterocycles. The van der Waals surface area contributed by atoms with Crippen LogP contribution >= 0.6 is 11.6 Å². The number of para-hydroxylation sites is 1. The predicted octanol–water partition coefficient (Wildman–Crippen LogP) is 6.55. The van der Waals surface area contributed by atoms with E-state index >= 15 is 0 Å². The second kappa shape index (κ2) is 8.31. The van der Waals surface area contributed by atoms with Gasteiger partial charge in [-0.25, -0.2) is 9.37 Å². The van der Waals surface area contributed by atoms with Gasteiger partial charge in [-0.1, -0.05) is 43.5 Å². The number of benzene rings is 2. The smallest absolute Gasteiger partial charge is 0.229 e. The average Bonchev–Trinajstić information content (AvgIpc) is 3.23. The molecule has 1 aromatic heterocycles. The molecule has 1 unspecified atom stereocenters. The third-order valence-corrected chi connectivity index (χ3v) is 5.80. The fraction of sp³-hybridized carbons (Fsp3) is 0.364. The quantitative estimate of drug-likeness (QED) is 0.494. The van der Waals surface area contributed by atoms with Gasteiger partial charge in [-0.2, -0.15) is 4.98 Å². The first-order valence-corrected chi connectivity index (χ1v) is 10.3. The maximum atomic E-state index is 13.4. The third-order valence-electron chi connectivity index (χ3n) is 5.51. The maximum Gasteiger partial charge on any atom is 0.229 e. The molecule has 146 valence electrons. The van der Waals surface area contributed by atoms with E-state index in [1.807, 2.05) is 24.3 Å². The highest BCUT2D eigenvalue weighted by molar-refractivity contribution is 6.31. The lowest BCUT2D eigenvalue weighted by Gasteiger charge is -2.25. The van der Waals surface area contributed by atoms with E-state index in [-0.39, 0.29) is 5.02 Å². The van der Waals surface area contributed by atoms with Crippen LogP contribution in [0.15, 0.2) is 42.5 Å². The molecule has 4 nitrogen and oxygen atoms in total. The summed E-state index contributed by atoms with van der Waals surface area (Å²) in [5, 5.41) is 7.90. The van der Waals surface area contributed by atoms with E-state index in [0.29, 0.717) is 23.6 Å². The van der Waals surface area contributed by atoms with E-state index in [0.717, 1.165) is 23.1 Å². The molecule has 4 rings (SSSR count). The second-order valence-corrected chi connectivity index (χ2v) is 7.78. The van der Waals surface area contributed by atoms with Crippen LogP contribution in [0.25, 0.3) is 10.9 Å². The minimum atomic E-state index is -0.448. The molecule has 3 aromatic rings. The molecule has 1 saturated carbocycles. The van der Waals surface area contributed by atoms with Crippen LogP contribution in [0.2, 0.25) is 5.02 Å². The maximum absolute atomic E-state index is 13.4. The highest BCUT2D eigenvalue weighted by atomic mass is 35.5. The minimum absolute atomic E-state index is 0.0661. The van der Waals surface area contributed by atoms with Gasteiger partial charge in [-0.3, -0.25) is 0 Å². The minimum Gasteiger partial charge on any atom is -0.366 e. The van der Waals surface area contributed by atoms with Crippen LogP contribution < -0.4 is 10.6 Å². The van der Waals surface area contributed by atoms with Gasteiger partial charge in [-0.05, 0) is 55.5 Å². The number of rotatable bonds is 6. The van der Waals surface area contributed by atoms with Crippen molar-refractivity contribution in [3.8, 4) is 0 Å². The summed E-state index contributed by atoms with van der Waals surface area (Å²) in [5.41, 5.74) is 1.51. The summed E-state index contributed by atoms with van der Waals surface area (Å²) in [7, 11) is 0. The van der Waals surface area contributed by atoms with E-state index in [9.17, 15) is 4.39 Å². The van der Waals surface area contributed by atoms with Crippen molar-refractivity contribution in [1.29, 1.82) is 0 Å². The lowest BCUT2D eigenvalue weighted by atomic mass is 9.96. The number of fused-ring (bicyclic) bond motifs is 1. The zero-order valence-corrected chi connectivity index (χ0v) is 16.6. The van der Waals surface area contributed by atoms with E-state index in [2.05, 4.69) is 22.5 Å². The fourth-order valence-electron chi connectivity index (χ4n) is 4.03. The average molecular weight is 399 g/mol. The summed E-state index contributed by atoms with van der Waals surface area (Å²) in [4.78, 5) is 9.35. The predicted molar refractivity (Wildman–Crippen MR) is 114 cm³/mol. The summed E-state index contributed by atoms with van der Waals surface area (Å²) in [6, 6.07) is 12.9. The Balaban J connectivity index is 1.67. The van der Waals surface area contributed by atoms with Crippen molar-refractivity contribution in [3.05, 3.63) is 53.3 Å². The summed E-state index contributed by atoms with van der Waals surface area (Å²) in [6.07, 6.45) is 6.22. The molecule has 1 aliphatic rings. The Morgan fingerprint density at radius 3 is 2.68 bits per heavy atom. The highest BCUT2D eigenvalue weighted by Gasteiger charge is 2.24. The van der Waals surface area contributed by atoms with Crippen molar-refractivity contribution in [2.75, 3.05) is 10.6 Å². The van der Waals surface area contributed by atoms with Crippen LogP contribution in [-0.2, 0) is 0 Å². The number of aromatic nitrogens is 2. The van der Waals surface area contributed by atoms with Crippen molar-refractivity contribution in [2.24, 2.45) is 5.92 Å². The van der Waals surface area contributed by atoms with Gasteiger partial charge < -0.3 is 10.6 Å². The number of hydrogen-bond acceptors (Lipinski definition) is 4. The van der Waals surface area contributed by atoms with Gasteiger partial charge in [0.2, 0.25) is 5.95 Å². The molecular weight excluding hydrogens is 375 g/mol. The topological polar surface area (TPSA) is 49.8 Å². The molecule has 1 aliphatic carbocycles. The number of hydrogen-bond donors (Lipinski definition) is 2. The fourth-order valence-corrected chi connectivity index (χ4v) is 4.21. The Hall–Kier alpha value is -2.40. The lowest BCUT2D eigenvalue weighted by Crippen LogP contribution is -2.27. The Kier molecular flexibility index (Phi) is 5.62. The van der Waals surface area contributed by atoms with Gasteiger partial charge in [0, 0.05) is 17.1 Å². The summed E-state index contributed by atoms with van der Waals surface area (Å²) >= 11 is 5.90. The number of nitrogens with one attached hydrogen (secondary N) is 2. The Bertz CT molecular complexity index is 972. The van der Waals surface area contributed by atoms with Gasteiger partial charge in [0.15, 0.2) is 0 Å². The number of nitrogens with zero attached hydrogens (tertiary/aromatic N) is 2. The largest absolute Gasteiger partial charge is 0.366 e. The first-order chi connectivity index (χ1) is 13.6. The van der Waals surface area contributed by atoms with E-state index in [1.54, 1.807) is 6.07 Å². The molecule has 0 saturated heterocycles. The van der Waals surface area contributed by atoms with Crippen LogP contribution in [0, 0.1) is 11.7 Å². The summed E-state index contributed by atoms with van der Waals surface area (Å²) in [5.74, 6) is 1.53. The highest BCUT2D eigenvalue weighted by Crippen LogP contribution is 2.32. The first-order valence-electron chi connectivity index (χ1n) is 9.89. The van der Waals surface area contributed by atoms with E-state index in [4.69, 9.17) is 16.6 Å². The molecule has 6 heteroatoms. The number of halogens is 2. The Morgan fingerprint density at radius 2 is 1.93 bits per heavy atom. The van der Waals surface area contributed by atoms with Gasteiger partial charge in [0.25, 0.3) is 0 Å². The molecule has 28 heavy (non-hydrogen) atoms. The normalized spacial score (nSPS) is 15.7. The van der Waals surface area contributed by atoms with Crippen LogP contribution in [0.4, 0.5) is 21.8 Å². The molecular formula is C22H24ClFN4. The van der Waals surface area contributed by atoms with Crippen molar-refractivity contribution < 1.29 is 4.39 Å². The van der Waals surface area contributed by atoms with Crippen molar-refractivity contribution in [1.82, 2.24) is 9.97 Å². The van der Waals surface area contributed by atoms with Crippen LogP contribution in [0.3, 0.4) is 0 Å². The van der Waals surface area contributed by atoms with E-state index in [1.165, 1.54) is 37.8 Å². The molecule has 2 aromatic carbocycles. The van der Waals surface area contributed by atoms with E-state index < -0.39 is 5.82 Å². The summed E-state index contributed by atoms with van der Waals surface area (Å²) < 4.78 is 13.4. The van der Waals surface area contributed by atoms with Gasteiger partial charge in [0.1, 0.15) is 11.6 Å². The van der Waals surface area contributed by atoms with Crippen LogP contribution in [0.1, 0.15) is 39.0 Å². The van der Waals surface area contributed by atoms with Crippen LogP contribution in [0.5, 0.6) is 0 Å². The van der Waals surface area contributed by atoms with Gasteiger partial charge in [0.05, 0.1) is 10.5 Å². The molecule has 0 bridgehead atoms. The van der Waals surface area contributed by atoms with Crippen molar-refractivity contribution >= 4 is 40.0 Å². The first kappa shape index (κ1) is 18.9. The lowest BCUT2D eigenvalue weighted by molar-refractivity contribution is 0.446. The second-order valence-electron chi connectivity index (χ2n) is 7.37. The molecule has 1 atom stereocenters. The molecule has 2 N–H and O–H groups in total. The van der Waals surface area contributed by atoms with Gasteiger partial charge in [-0.15, -0.1) is 0 Å². The molecule has 0 spiro atoms. The monoisotopic (exact) mass is 398 g/mol. The SMILES string of the molecule is CCC(Nc1nc(Nc2ccc(F)c(Cl)c2)nc2ccccc12)C1CCCC1. The van der Waals surface area contributed by atoms with Gasteiger partial charge >= 0.3 is 0 Å². The molecule has 1 fully saturated rings. The van der Waals surface area contributed by atoms with Crippen LogP contribution in [-0.4, -0.2) is 16.0 Å². The zero-order chi connectivity index (χ0) is 19.5. The molecule has 0 amide bonds. The third kappa shape index (κ3) is 4.04. The molecule has 0 radical (unpaired) electrons. The van der Waals surface area contributed by atoms with Crippen molar-refractivity contribution in [3.63, 3.8) is 0 Å². The number of anilines is 3. The Morgan fingerprint density at radius 1 is 1.14 bits per heavy atom. The Labute approximate surface area is 169 Å².